The highest BCUT2D eigenvalue weighted by Gasteiger charge is 2.50. The molecule has 5 rings (SSSR count). The first kappa shape index (κ1) is 17.1. The highest BCUT2D eigenvalue weighted by Crippen LogP contribution is 2.61. The lowest BCUT2D eigenvalue weighted by molar-refractivity contribution is -0.0564. The van der Waals surface area contributed by atoms with E-state index in [2.05, 4.69) is 5.32 Å². The van der Waals surface area contributed by atoms with Gasteiger partial charge in [0.25, 0.3) is 5.91 Å². The molecule has 1 aromatic rings. The van der Waals surface area contributed by atoms with Crippen LogP contribution in [0.1, 0.15) is 55.3 Å². The van der Waals surface area contributed by atoms with Crippen LogP contribution in [0.3, 0.4) is 0 Å². The summed E-state index contributed by atoms with van der Waals surface area (Å²) in [5, 5.41) is 3.02. The summed E-state index contributed by atoms with van der Waals surface area (Å²) >= 11 is 0. The Hall–Kier alpha value is -1.36. The zero-order valence-electron chi connectivity index (χ0n) is 14.8. The minimum Gasteiger partial charge on any atom is -0.352 e. The number of sulfone groups is 1. The third kappa shape index (κ3) is 3.48. The average Bonchev–Trinajstić information content (AvgIpc) is 2.52. The van der Waals surface area contributed by atoms with Crippen molar-refractivity contribution in [1.82, 2.24) is 5.32 Å². The molecular weight excluding hydrogens is 334 g/mol. The molecular formula is C20H27NO3S. The summed E-state index contributed by atoms with van der Waals surface area (Å²) in [5.41, 5.74) is 0.879. The number of hydrogen-bond donors (Lipinski definition) is 1. The second kappa shape index (κ2) is 6.11. The van der Waals surface area contributed by atoms with Gasteiger partial charge in [0.1, 0.15) is 0 Å². The van der Waals surface area contributed by atoms with Crippen LogP contribution in [0.25, 0.3) is 0 Å². The molecule has 4 aliphatic carbocycles. The molecule has 4 aliphatic rings. The third-order valence-electron chi connectivity index (χ3n) is 6.63. The summed E-state index contributed by atoms with van der Waals surface area (Å²) in [6.07, 6.45) is 10.6. The van der Waals surface area contributed by atoms with Gasteiger partial charge in [0.15, 0.2) is 9.84 Å². The van der Waals surface area contributed by atoms with Gasteiger partial charge in [-0.15, -0.1) is 0 Å². The van der Waals surface area contributed by atoms with Gasteiger partial charge < -0.3 is 5.32 Å². The number of amides is 1. The predicted octanol–water partition coefficient (Wildman–Crippen LogP) is 3.43. The largest absolute Gasteiger partial charge is 0.352 e. The number of carbonyl (C=O) groups is 1. The minimum atomic E-state index is -3.29. The second-order valence-corrected chi connectivity index (χ2v) is 10.7. The number of benzene rings is 1. The van der Waals surface area contributed by atoms with Gasteiger partial charge in [0, 0.05) is 18.4 Å². The third-order valence-corrected chi connectivity index (χ3v) is 7.74. The molecule has 5 heteroatoms. The molecule has 25 heavy (non-hydrogen) atoms. The van der Waals surface area contributed by atoms with E-state index in [9.17, 15) is 13.2 Å². The summed E-state index contributed by atoms with van der Waals surface area (Å²) in [7, 11) is -3.29. The van der Waals surface area contributed by atoms with Gasteiger partial charge in [0.2, 0.25) is 0 Å². The first-order valence-corrected chi connectivity index (χ1v) is 11.3. The SMILES string of the molecule is CS(=O)(=O)c1cccc(C(=O)NCCC23CC4CC(CC(C4)C2)C3)c1. The molecule has 1 amide bonds. The van der Waals surface area contributed by atoms with E-state index in [0.29, 0.717) is 17.5 Å². The maximum Gasteiger partial charge on any atom is 0.251 e. The van der Waals surface area contributed by atoms with Gasteiger partial charge in [-0.25, -0.2) is 8.42 Å². The fourth-order valence-electron chi connectivity index (χ4n) is 6.01. The number of rotatable bonds is 5. The van der Waals surface area contributed by atoms with Crippen LogP contribution >= 0.6 is 0 Å². The van der Waals surface area contributed by atoms with E-state index in [1.807, 2.05) is 0 Å². The molecule has 4 saturated carbocycles. The molecule has 0 heterocycles. The van der Waals surface area contributed by atoms with Gasteiger partial charge in [-0.3, -0.25) is 4.79 Å². The summed E-state index contributed by atoms with van der Waals surface area (Å²) in [6, 6.07) is 6.30. The van der Waals surface area contributed by atoms with Crippen LogP contribution in [0.15, 0.2) is 29.2 Å². The van der Waals surface area contributed by atoms with E-state index in [1.165, 1.54) is 50.7 Å². The van der Waals surface area contributed by atoms with Gasteiger partial charge in [-0.05, 0) is 86.3 Å². The first-order valence-electron chi connectivity index (χ1n) is 9.41. The van der Waals surface area contributed by atoms with Crippen molar-refractivity contribution in [2.45, 2.75) is 49.8 Å². The Morgan fingerprint density at radius 2 is 1.72 bits per heavy atom. The molecule has 0 aromatic heterocycles. The van der Waals surface area contributed by atoms with Crippen molar-refractivity contribution < 1.29 is 13.2 Å². The summed E-state index contributed by atoms with van der Waals surface area (Å²) < 4.78 is 23.3. The molecule has 4 fully saturated rings. The average molecular weight is 362 g/mol. The second-order valence-electron chi connectivity index (χ2n) is 8.72. The zero-order valence-corrected chi connectivity index (χ0v) is 15.6. The summed E-state index contributed by atoms with van der Waals surface area (Å²) in [5.74, 6) is 2.60. The van der Waals surface area contributed by atoms with E-state index in [-0.39, 0.29) is 10.8 Å². The first-order chi connectivity index (χ1) is 11.8. The van der Waals surface area contributed by atoms with E-state index < -0.39 is 9.84 Å². The van der Waals surface area contributed by atoms with E-state index in [4.69, 9.17) is 0 Å². The molecule has 1 aromatic carbocycles. The van der Waals surface area contributed by atoms with E-state index in [0.717, 1.165) is 30.4 Å². The van der Waals surface area contributed by atoms with E-state index >= 15 is 0 Å². The Labute approximate surface area is 150 Å². The fourth-order valence-corrected chi connectivity index (χ4v) is 6.67. The Morgan fingerprint density at radius 1 is 1.12 bits per heavy atom. The minimum absolute atomic E-state index is 0.171. The zero-order chi connectivity index (χ0) is 17.7. The van der Waals surface area contributed by atoms with Crippen molar-refractivity contribution in [1.29, 1.82) is 0 Å². The molecule has 4 nitrogen and oxygen atoms in total. The smallest absolute Gasteiger partial charge is 0.251 e. The number of nitrogens with one attached hydrogen (secondary N) is 1. The maximum absolute atomic E-state index is 12.4. The van der Waals surface area contributed by atoms with Gasteiger partial charge in [-0.2, -0.15) is 0 Å². The fraction of sp³-hybridized carbons (Fsp3) is 0.650. The van der Waals surface area contributed by atoms with Crippen LogP contribution in [0.4, 0.5) is 0 Å². The molecule has 0 saturated heterocycles. The maximum atomic E-state index is 12.4. The molecule has 0 aliphatic heterocycles. The van der Waals surface area contributed by atoms with Gasteiger partial charge in [0.05, 0.1) is 4.90 Å². The molecule has 4 bridgehead atoms. The summed E-state index contributed by atoms with van der Waals surface area (Å²) in [6.45, 7) is 0.689. The summed E-state index contributed by atoms with van der Waals surface area (Å²) in [4.78, 5) is 12.6. The van der Waals surface area contributed by atoms with Crippen molar-refractivity contribution in [3.63, 3.8) is 0 Å². The van der Waals surface area contributed by atoms with Crippen molar-refractivity contribution in [2.24, 2.45) is 23.2 Å². The molecule has 0 atom stereocenters. The van der Waals surface area contributed by atoms with Gasteiger partial charge >= 0.3 is 0 Å². The van der Waals surface area contributed by atoms with Crippen LogP contribution in [-0.2, 0) is 9.84 Å². The normalized spacial score (nSPS) is 33.4. The van der Waals surface area contributed by atoms with Crippen LogP contribution in [0.5, 0.6) is 0 Å². The Kier molecular flexibility index (Phi) is 4.18. The Balaban J connectivity index is 1.37. The van der Waals surface area contributed by atoms with Crippen LogP contribution < -0.4 is 5.32 Å². The molecule has 1 N–H and O–H groups in total. The standard InChI is InChI=1S/C20H27NO3S/c1-25(23,24)18-4-2-3-17(10-18)19(22)21-6-5-20-11-14-7-15(12-20)9-16(8-14)13-20/h2-4,10,14-16H,5-9,11-13H2,1H3,(H,21,22). The predicted molar refractivity (Wildman–Crippen MR) is 97.1 cm³/mol. The van der Waals surface area contributed by atoms with Crippen molar-refractivity contribution in [2.75, 3.05) is 12.8 Å². The van der Waals surface area contributed by atoms with E-state index in [1.54, 1.807) is 12.1 Å². The van der Waals surface area contributed by atoms with Crippen molar-refractivity contribution in [3.8, 4) is 0 Å². The van der Waals surface area contributed by atoms with Crippen molar-refractivity contribution >= 4 is 15.7 Å². The molecule has 0 unspecified atom stereocenters. The van der Waals surface area contributed by atoms with Crippen LogP contribution in [-0.4, -0.2) is 27.1 Å². The van der Waals surface area contributed by atoms with Crippen molar-refractivity contribution in [3.05, 3.63) is 29.8 Å². The topological polar surface area (TPSA) is 63.2 Å². The number of hydrogen-bond acceptors (Lipinski definition) is 3. The molecule has 136 valence electrons. The Morgan fingerprint density at radius 3 is 2.28 bits per heavy atom. The highest BCUT2D eigenvalue weighted by atomic mass is 32.2. The quantitative estimate of drug-likeness (QED) is 0.874. The monoisotopic (exact) mass is 361 g/mol. The molecule has 0 radical (unpaired) electrons. The Bertz CT molecular complexity index is 749. The lowest BCUT2D eigenvalue weighted by atomic mass is 9.49. The van der Waals surface area contributed by atoms with Crippen LogP contribution in [0, 0.1) is 23.2 Å². The lowest BCUT2D eigenvalue weighted by Gasteiger charge is -2.57. The number of carbonyl (C=O) groups excluding carboxylic acids is 1. The molecule has 0 spiro atoms. The van der Waals surface area contributed by atoms with Gasteiger partial charge in [-0.1, -0.05) is 6.07 Å². The highest BCUT2D eigenvalue weighted by molar-refractivity contribution is 7.90. The van der Waals surface area contributed by atoms with Crippen LogP contribution in [0.2, 0.25) is 0 Å². The lowest BCUT2D eigenvalue weighted by Crippen LogP contribution is -2.47.